The molecule has 0 spiro atoms. The Kier molecular flexibility index (Phi) is 7.39. The standard InChI is InChI=1S/C24H24N6O2S2/c1-15-9-11-18(12-10-15)22(32)25-16(2)21-28-29-24(30(21)3)34-14-20(31)27-23-26-19(13-33-23)17-7-5-4-6-8-17/h4-13,16H,14H2,1-3H3,(H,25,32)(H,26,27,31)/t16-/m1/s1. The molecular formula is C24H24N6O2S2. The molecule has 0 saturated carbocycles. The third kappa shape index (κ3) is 5.70. The maximum absolute atomic E-state index is 12.5. The number of aryl methyl sites for hydroxylation is 1. The van der Waals surface area contributed by atoms with E-state index in [4.69, 9.17) is 0 Å². The van der Waals surface area contributed by atoms with Crippen LogP contribution in [0.2, 0.25) is 0 Å². The van der Waals surface area contributed by atoms with Crippen LogP contribution in [0.4, 0.5) is 5.13 Å². The molecule has 0 fully saturated rings. The van der Waals surface area contributed by atoms with E-state index < -0.39 is 0 Å². The SMILES string of the molecule is Cc1ccc(C(=O)N[C@H](C)c2nnc(SCC(=O)Nc3nc(-c4ccccc4)cs3)n2C)cc1. The maximum Gasteiger partial charge on any atom is 0.251 e. The molecule has 0 aliphatic heterocycles. The van der Waals surface area contributed by atoms with Gasteiger partial charge in [0.05, 0.1) is 17.5 Å². The van der Waals surface area contributed by atoms with Crippen molar-refractivity contribution in [2.45, 2.75) is 25.0 Å². The van der Waals surface area contributed by atoms with Gasteiger partial charge < -0.3 is 15.2 Å². The van der Waals surface area contributed by atoms with Gasteiger partial charge in [-0.25, -0.2) is 4.98 Å². The molecule has 4 rings (SSSR count). The molecule has 0 saturated heterocycles. The third-order valence-electron chi connectivity index (χ3n) is 5.07. The predicted octanol–water partition coefficient (Wildman–Crippen LogP) is 4.47. The van der Waals surface area contributed by atoms with Crippen LogP contribution in [0.3, 0.4) is 0 Å². The van der Waals surface area contributed by atoms with Crippen molar-refractivity contribution in [3.8, 4) is 11.3 Å². The second-order valence-electron chi connectivity index (χ2n) is 7.70. The van der Waals surface area contributed by atoms with Gasteiger partial charge >= 0.3 is 0 Å². The van der Waals surface area contributed by atoms with Gasteiger partial charge in [-0.1, -0.05) is 59.8 Å². The highest BCUT2D eigenvalue weighted by Gasteiger charge is 2.19. The average molecular weight is 493 g/mol. The van der Waals surface area contributed by atoms with Crippen molar-refractivity contribution in [2.75, 3.05) is 11.1 Å². The van der Waals surface area contributed by atoms with Crippen LogP contribution in [0.15, 0.2) is 65.1 Å². The van der Waals surface area contributed by atoms with Gasteiger partial charge in [0.25, 0.3) is 5.91 Å². The Morgan fingerprint density at radius 1 is 1.09 bits per heavy atom. The lowest BCUT2D eigenvalue weighted by atomic mass is 10.1. The van der Waals surface area contributed by atoms with Crippen molar-refractivity contribution in [3.63, 3.8) is 0 Å². The van der Waals surface area contributed by atoms with E-state index >= 15 is 0 Å². The summed E-state index contributed by atoms with van der Waals surface area (Å²) in [5, 5.41) is 17.2. The van der Waals surface area contributed by atoms with E-state index in [0.717, 1.165) is 16.8 Å². The molecule has 2 heterocycles. The number of benzene rings is 2. The minimum atomic E-state index is -0.346. The lowest BCUT2D eigenvalue weighted by molar-refractivity contribution is -0.113. The predicted molar refractivity (Wildman–Crippen MR) is 135 cm³/mol. The monoisotopic (exact) mass is 492 g/mol. The van der Waals surface area contributed by atoms with Crippen molar-refractivity contribution in [1.29, 1.82) is 0 Å². The van der Waals surface area contributed by atoms with Crippen LogP contribution in [0.25, 0.3) is 11.3 Å². The highest BCUT2D eigenvalue weighted by Crippen LogP contribution is 2.25. The van der Waals surface area contributed by atoms with Gasteiger partial charge in [-0.15, -0.1) is 21.5 Å². The number of hydrogen-bond acceptors (Lipinski definition) is 7. The van der Waals surface area contributed by atoms with E-state index in [1.54, 1.807) is 16.7 Å². The number of carbonyl (C=O) groups excluding carboxylic acids is 2. The molecule has 2 aromatic carbocycles. The smallest absolute Gasteiger partial charge is 0.251 e. The van der Waals surface area contributed by atoms with Crippen LogP contribution in [0, 0.1) is 6.92 Å². The number of amides is 2. The first kappa shape index (κ1) is 23.7. The number of hydrogen-bond donors (Lipinski definition) is 2. The van der Waals surface area contributed by atoms with Crippen LogP contribution in [-0.2, 0) is 11.8 Å². The molecule has 8 nitrogen and oxygen atoms in total. The number of aromatic nitrogens is 4. The molecule has 4 aromatic rings. The van der Waals surface area contributed by atoms with E-state index in [2.05, 4.69) is 25.8 Å². The van der Waals surface area contributed by atoms with E-state index in [1.165, 1.54) is 23.1 Å². The van der Waals surface area contributed by atoms with Gasteiger partial charge in [0.15, 0.2) is 16.1 Å². The molecule has 0 bridgehead atoms. The topological polar surface area (TPSA) is 102 Å². The van der Waals surface area contributed by atoms with E-state index in [0.29, 0.717) is 21.7 Å². The number of carbonyl (C=O) groups is 2. The molecule has 2 amide bonds. The van der Waals surface area contributed by atoms with Gasteiger partial charge in [0.1, 0.15) is 0 Å². The van der Waals surface area contributed by atoms with Crippen molar-refractivity contribution < 1.29 is 9.59 Å². The fraction of sp³-hybridized carbons (Fsp3) is 0.208. The fourth-order valence-corrected chi connectivity index (χ4v) is 4.69. The Hall–Kier alpha value is -3.50. The Morgan fingerprint density at radius 3 is 2.56 bits per heavy atom. The molecule has 0 radical (unpaired) electrons. The summed E-state index contributed by atoms with van der Waals surface area (Å²) in [6.07, 6.45) is 0. The van der Waals surface area contributed by atoms with Gasteiger partial charge in [-0.05, 0) is 26.0 Å². The normalized spacial score (nSPS) is 11.7. The van der Waals surface area contributed by atoms with Crippen LogP contribution >= 0.6 is 23.1 Å². The summed E-state index contributed by atoms with van der Waals surface area (Å²) < 4.78 is 1.79. The lowest BCUT2D eigenvalue weighted by Gasteiger charge is -2.13. The highest BCUT2D eigenvalue weighted by atomic mass is 32.2. The Bertz CT molecular complexity index is 1280. The van der Waals surface area contributed by atoms with Crippen LogP contribution < -0.4 is 10.6 Å². The molecule has 0 aliphatic carbocycles. The Labute approximate surface area is 205 Å². The summed E-state index contributed by atoms with van der Waals surface area (Å²) in [6, 6.07) is 16.8. The van der Waals surface area contributed by atoms with Gasteiger partial charge in [-0.2, -0.15) is 0 Å². The van der Waals surface area contributed by atoms with Crippen molar-refractivity contribution in [3.05, 3.63) is 76.9 Å². The molecular weight excluding hydrogens is 468 g/mol. The lowest BCUT2D eigenvalue weighted by Crippen LogP contribution is -2.28. The fourth-order valence-electron chi connectivity index (χ4n) is 3.24. The zero-order valence-electron chi connectivity index (χ0n) is 19.0. The Morgan fingerprint density at radius 2 is 1.82 bits per heavy atom. The number of thioether (sulfide) groups is 1. The summed E-state index contributed by atoms with van der Waals surface area (Å²) in [7, 11) is 1.82. The first-order valence-corrected chi connectivity index (χ1v) is 12.5. The molecule has 34 heavy (non-hydrogen) atoms. The maximum atomic E-state index is 12.5. The van der Waals surface area contributed by atoms with E-state index in [9.17, 15) is 9.59 Å². The second kappa shape index (κ2) is 10.6. The number of thiazole rings is 1. The minimum absolute atomic E-state index is 0.163. The average Bonchev–Trinajstić information content (AvgIpc) is 3.45. The summed E-state index contributed by atoms with van der Waals surface area (Å²) in [5.41, 5.74) is 3.51. The summed E-state index contributed by atoms with van der Waals surface area (Å²) >= 11 is 2.66. The highest BCUT2D eigenvalue weighted by molar-refractivity contribution is 7.99. The second-order valence-corrected chi connectivity index (χ2v) is 9.50. The van der Waals surface area contributed by atoms with Crippen molar-refractivity contribution in [1.82, 2.24) is 25.1 Å². The van der Waals surface area contributed by atoms with Crippen molar-refractivity contribution >= 4 is 40.0 Å². The van der Waals surface area contributed by atoms with Crippen LogP contribution in [-0.4, -0.2) is 37.3 Å². The Balaban J connectivity index is 1.31. The number of nitrogens with zero attached hydrogens (tertiary/aromatic N) is 4. The third-order valence-corrected chi connectivity index (χ3v) is 6.85. The molecule has 2 aromatic heterocycles. The quantitative estimate of drug-likeness (QED) is 0.352. The van der Waals surface area contributed by atoms with Crippen LogP contribution in [0.1, 0.15) is 34.7 Å². The summed E-state index contributed by atoms with van der Waals surface area (Å²) in [4.78, 5) is 29.4. The van der Waals surface area contributed by atoms with Crippen LogP contribution in [0.5, 0.6) is 0 Å². The number of rotatable bonds is 8. The van der Waals surface area contributed by atoms with Gasteiger partial charge in [0.2, 0.25) is 5.91 Å². The molecule has 0 unspecified atom stereocenters. The number of nitrogens with one attached hydrogen (secondary N) is 2. The van der Waals surface area contributed by atoms with Gasteiger partial charge in [-0.3, -0.25) is 9.59 Å². The number of anilines is 1. The molecule has 2 N–H and O–H groups in total. The molecule has 174 valence electrons. The molecule has 1 atom stereocenters. The minimum Gasteiger partial charge on any atom is -0.342 e. The summed E-state index contributed by atoms with van der Waals surface area (Å²) in [5.74, 6) is 0.415. The first-order chi connectivity index (χ1) is 16.4. The first-order valence-electron chi connectivity index (χ1n) is 10.6. The van der Waals surface area contributed by atoms with E-state index in [-0.39, 0.29) is 23.6 Å². The molecule has 10 heteroatoms. The summed E-state index contributed by atoms with van der Waals surface area (Å²) in [6.45, 7) is 3.83. The zero-order valence-corrected chi connectivity index (χ0v) is 20.6. The molecule has 0 aliphatic rings. The van der Waals surface area contributed by atoms with Gasteiger partial charge in [0, 0.05) is 23.6 Å². The largest absolute Gasteiger partial charge is 0.342 e. The van der Waals surface area contributed by atoms with E-state index in [1.807, 2.05) is 68.7 Å². The zero-order chi connectivity index (χ0) is 24.1. The van der Waals surface area contributed by atoms with Crippen molar-refractivity contribution in [2.24, 2.45) is 7.05 Å².